The summed E-state index contributed by atoms with van der Waals surface area (Å²) >= 11 is 0. The molecule has 5 rings (SSSR count). The van der Waals surface area contributed by atoms with Crippen LogP contribution in [0, 0.1) is 13.8 Å². The molecule has 5 nitrogen and oxygen atoms in total. The fourth-order valence-electron chi connectivity index (χ4n) is 4.23. The molecule has 0 saturated carbocycles. The summed E-state index contributed by atoms with van der Waals surface area (Å²) in [5.41, 5.74) is 4.60. The van der Waals surface area contributed by atoms with Gasteiger partial charge in [-0.3, -0.25) is 14.5 Å². The van der Waals surface area contributed by atoms with Gasteiger partial charge in [-0.15, -0.1) is 0 Å². The Balaban J connectivity index is 1.80. The Kier molecular flexibility index (Phi) is 4.47. The second-order valence-electron chi connectivity index (χ2n) is 8.04. The third kappa shape index (κ3) is 3.05. The van der Waals surface area contributed by atoms with E-state index >= 15 is 0 Å². The first kappa shape index (κ1) is 19.2. The van der Waals surface area contributed by atoms with Crippen molar-refractivity contribution in [2.24, 2.45) is 0 Å². The molecule has 0 fully saturated rings. The maximum Gasteiger partial charge on any atom is 0.296 e. The van der Waals surface area contributed by atoms with Crippen LogP contribution in [0.1, 0.15) is 51.3 Å². The van der Waals surface area contributed by atoms with Gasteiger partial charge in [-0.25, -0.2) is 4.98 Å². The van der Waals surface area contributed by atoms with Crippen LogP contribution in [0.4, 0.5) is 5.82 Å². The van der Waals surface area contributed by atoms with Crippen molar-refractivity contribution >= 4 is 22.7 Å². The molecule has 0 spiro atoms. The summed E-state index contributed by atoms with van der Waals surface area (Å²) in [7, 11) is 0. The van der Waals surface area contributed by atoms with Crippen molar-refractivity contribution in [2.75, 3.05) is 4.90 Å². The zero-order valence-corrected chi connectivity index (χ0v) is 17.7. The minimum Gasteiger partial charge on any atom is -0.450 e. The topological polar surface area (TPSA) is 63.4 Å². The molecule has 2 aromatic carbocycles. The summed E-state index contributed by atoms with van der Waals surface area (Å²) in [6, 6.07) is 16.6. The number of carbonyl (C=O) groups is 1. The van der Waals surface area contributed by atoms with Crippen molar-refractivity contribution in [2.45, 2.75) is 33.2 Å². The van der Waals surface area contributed by atoms with Crippen molar-refractivity contribution in [3.05, 3.63) is 105 Å². The molecule has 5 heteroatoms. The molecule has 1 amide bonds. The zero-order valence-electron chi connectivity index (χ0n) is 17.7. The highest BCUT2D eigenvalue weighted by Gasteiger charge is 2.44. The van der Waals surface area contributed by atoms with Crippen LogP contribution >= 0.6 is 0 Å². The number of benzene rings is 2. The van der Waals surface area contributed by atoms with Gasteiger partial charge in [0.2, 0.25) is 5.76 Å². The number of carbonyl (C=O) groups excluding carboxylic acids is 1. The van der Waals surface area contributed by atoms with E-state index in [1.807, 2.05) is 62.4 Å². The summed E-state index contributed by atoms with van der Waals surface area (Å²) in [6.45, 7) is 5.97. The number of fused-ring (bicyclic) bond motifs is 2. The number of anilines is 1. The molecule has 1 atom stereocenters. The average Bonchev–Trinajstić information content (AvgIpc) is 3.07. The molecule has 31 heavy (non-hydrogen) atoms. The monoisotopic (exact) mass is 410 g/mol. The zero-order chi connectivity index (χ0) is 21.7. The summed E-state index contributed by atoms with van der Waals surface area (Å²) in [5.74, 6) is 0.243. The Morgan fingerprint density at radius 2 is 1.71 bits per heavy atom. The van der Waals surface area contributed by atoms with E-state index in [0.717, 1.165) is 23.1 Å². The first-order valence-corrected chi connectivity index (χ1v) is 10.4. The molecule has 1 unspecified atom stereocenters. The SMILES string of the molecule is CCc1ccc(C2c3c(oc4ccc(C)cc4c3=O)C(=O)N2c2cc(C)ccn2)cc1. The molecule has 0 saturated heterocycles. The second-order valence-corrected chi connectivity index (χ2v) is 8.04. The highest BCUT2D eigenvalue weighted by molar-refractivity contribution is 6.10. The van der Waals surface area contributed by atoms with Crippen LogP contribution in [0.3, 0.4) is 0 Å². The lowest BCUT2D eigenvalue weighted by molar-refractivity contribution is 0.0970. The largest absolute Gasteiger partial charge is 0.450 e. The van der Waals surface area contributed by atoms with Gasteiger partial charge in [0.15, 0.2) is 5.43 Å². The smallest absolute Gasteiger partial charge is 0.296 e. The summed E-state index contributed by atoms with van der Waals surface area (Å²) in [5, 5.41) is 0.487. The van der Waals surface area contributed by atoms with Crippen molar-refractivity contribution in [3.8, 4) is 0 Å². The van der Waals surface area contributed by atoms with Crippen molar-refractivity contribution in [1.82, 2.24) is 4.98 Å². The van der Waals surface area contributed by atoms with E-state index in [4.69, 9.17) is 4.42 Å². The van der Waals surface area contributed by atoms with Crippen LogP contribution in [0.25, 0.3) is 11.0 Å². The lowest BCUT2D eigenvalue weighted by Crippen LogP contribution is -2.30. The van der Waals surface area contributed by atoms with E-state index in [-0.39, 0.29) is 17.1 Å². The number of hydrogen-bond donors (Lipinski definition) is 0. The third-order valence-electron chi connectivity index (χ3n) is 5.88. The Morgan fingerprint density at radius 1 is 0.968 bits per heavy atom. The van der Waals surface area contributed by atoms with Gasteiger partial charge < -0.3 is 4.42 Å². The predicted octanol–water partition coefficient (Wildman–Crippen LogP) is 5.12. The number of hydrogen-bond acceptors (Lipinski definition) is 4. The number of pyridine rings is 1. The molecule has 0 bridgehead atoms. The van der Waals surface area contributed by atoms with Crippen LogP contribution in [0.15, 0.2) is 70.0 Å². The number of aromatic nitrogens is 1. The minimum absolute atomic E-state index is 0.0919. The van der Waals surface area contributed by atoms with Gasteiger partial charge in [0, 0.05) is 6.20 Å². The summed E-state index contributed by atoms with van der Waals surface area (Å²) in [6.07, 6.45) is 2.59. The van der Waals surface area contributed by atoms with Crippen molar-refractivity contribution in [3.63, 3.8) is 0 Å². The fourth-order valence-corrected chi connectivity index (χ4v) is 4.23. The van der Waals surface area contributed by atoms with Crippen LogP contribution < -0.4 is 10.3 Å². The normalized spacial score (nSPS) is 15.5. The van der Waals surface area contributed by atoms with Crippen LogP contribution in [0.5, 0.6) is 0 Å². The first-order chi connectivity index (χ1) is 15.0. The second kappa shape index (κ2) is 7.20. The predicted molar refractivity (Wildman–Crippen MR) is 121 cm³/mol. The number of rotatable bonds is 3. The molecule has 2 aromatic heterocycles. The molecule has 154 valence electrons. The maximum absolute atomic E-state index is 13.6. The molecule has 0 N–H and O–H groups in total. The number of nitrogens with zero attached hydrogens (tertiary/aromatic N) is 2. The molecular weight excluding hydrogens is 388 g/mol. The molecule has 1 aliphatic heterocycles. The number of aryl methyl sites for hydroxylation is 3. The van der Waals surface area contributed by atoms with Gasteiger partial charge in [-0.1, -0.05) is 42.8 Å². The molecular formula is C26H22N2O3. The van der Waals surface area contributed by atoms with Crippen LogP contribution in [0.2, 0.25) is 0 Å². The van der Waals surface area contributed by atoms with Crippen molar-refractivity contribution in [1.29, 1.82) is 0 Å². The lowest BCUT2D eigenvalue weighted by Gasteiger charge is -2.24. The number of amides is 1. The van der Waals surface area contributed by atoms with Gasteiger partial charge in [-0.2, -0.15) is 0 Å². The van der Waals surface area contributed by atoms with E-state index in [1.165, 1.54) is 5.56 Å². The quantitative estimate of drug-likeness (QED) is 0.470. The first-order valence-electron chi connectivity index (χ1n) is 10.4. The standard InChI is InChI=1S/C26H22N2O3/c1-4-17-6-8-18(9-7-17)23-22-24(29)19-13-15(2)5-10-20(19)31-25(22)26(30)28(23)21-14-16(3)11-12-27-21/h5-14,23H,4H2,1-3H3. The van der Waals surface area contributed by atoms with Gasteiger partial charge in [-0.05, 0) is 61.2 Å². The Labute approximate surface area is 180 Å². The third-order valence-corrected chi connectivity index (χ3v) is 5.88. The van der Waals surface area contributed by atoms with Crippen LogP contribution in [-0.2, 0) is 6.42 Å². The minimum atomic E-state index is -0.594. The fraction of sp³-hybridized carbons (Fsp3) is 0.192. The van der Waals surface area contributed by atoms with Gasteiger partial charge in [0.25, 0.3) is 5.91 Å². The van der Waals surface area contributed by atoms with Gasteiger partial charge in [0.05, 0.1) is 17.0 Å². The summed E-state index contributed by atoms with van der Waals surface area (Å²) < 4.78 is 6.01. The van der Waals surface area contributed by atoms with E-state index in [0.29, 0.717) is 22.4 Å². The van der Waals surface area contributed by atoms with E-state index < -0.39 is 6.04 Å². The molecule has 0 radical (unpaired) electrons. The highest BCUT2D eigenvalue weighted by Crippen LogP contribution is 2.40. The molecule has 0 aliphatic carbocycles. The lowest BCUT2D eigenvalue weighted by atomic mass is 9.97. The summed E-state index contributed by atoms with van der Waals surface area (Å²) in [4.78, 5) is 33.2. The highest BCUT2D eigenvalue weighted by atomic mass is 16.3. The van der Waals surface area contributed by atoms with Crippen LogP contribution in [-0.4, -0.2) is 10.9 Å². The Bertz CT molecular complexity index is 1390. The average molecular weight is 410 g/mol. The molecule has 3 heterocycles. The van der Waals surface area contributed by atoms with E-state index in [1.54, 1.807) is 17.2 Å². The van der Waals surface area contributed by atoms with E-state index in [9.17, 15) is 9.59 Å². The van der Waals surface area contributed by atoms with Gasteiger partial charge >= 0.3 is 0 Å². The van der Waals surface area contributed by atoms with Crippen molar-refractivity contribution < 1.29 is 9.21 Å². The Hall–Kier alpha value is -3.73. The van der Waals surface area contributed by atoms with E-state index in [2.05, 4.69) is 11.9 Å². The Morgan fingerprint density at radius 3 is 2.42 bits per heavy atom. The maximum atomic E-state index is 13.6. The molecule has 1 aliphatic rings. The van der Waals surface area contributed by atoms with Gasteiger partial charge in [0.1, 0.15) is 11.4 Å². The molecule has 4 aromatic rings.